The predicted molar refractivity (Wildman–Crippen MR) is 109 cm³/mol. The van der Waals surface area contributed by atoms with Gasteiger partial charge in [-0.05, 0) is 62.2 Å². The van der Waals surface area contributed by atoms with Crippen molar-refractivity contribution in [3.63, 3.8) is 0 Å². The molecule has 1 saturated heterocycles. The van der Waals surface area contributed by atoms with E-state index >= 15 is 0 Å². The van der Waals surface area contributed by atoms with Gasteiger partial charge in [-0.3, -0.25) is 4.79 Å². The van der Waals surface area contributed by atoms with Crippen molar-refractivity contribution in [2.45, 2.75) is 31.1 Å². The zero-order valence-electron chi connectivity index (χ0n) is 16.3. The number of rotatable bonds is 6. The maximum Gasteiger partial charge on any atom is 0.338 e. The number of carbonyl (C=O) groups excluding carboxylic acids is 2. The van der Waals surface area contributed by atoms with Crippen LogP contribution < -0.4 is 5.32 Å². The summed E-state index contributed by atoms with van der Waals surface area (Å²) in [4.78, 5) is 24.4. The lowest BCUT2D eigenvalue weighted by atomic mass is 10.2. The van der Waals surface area contributed by atoms with E-state index in [4.69, 9.17) is 4.74 Å². The summed E-state index contributed by atoms with van der Waals surface area (Å²) in [5, 5.41) is 2.72. The zero-order chi connectivity index (χ0) is 20.9. The highest BCUT2D eigenvalue weighted by Crippen LogP contribution is 2.22. The van der Waals surface area contributed by atoms with E-state index in [9.17, 15) is 18.0 Å². The van der Waals surface area contributed by atoms with Crippen molar-refractivity contribution in [2.75, 3.05) is 25.0 Å². The maximum atomic E-state index is 12.8. The van der Waals surface area contributed by atoms with Gasteiger partial charge in [0.2, 0.25) is 10.0 Å². The molecule has 0 saturated carbocycles. The fourth-order valence-corrected chi connectivity index (χ4v) is 4.72. The molecule has 0 bridgehead atoms. The van der Waals surface area contributed by atoms with Gasteiger partial charge in [0.05, 0.1) is 17.1 Å². The van der Waals surface area contributed by atoms with Crippen LogP contribution in [-0.2, 0) is 14.8 Å². The van der Waals surface area contributed by atoms with Crippen molar-refractivity contribution in [2.24, 2.45) is 0 Å². The quantitative estimate of drug-likeness (QED) is 0.730. The number of amides is 1. The molecule has 0 aromatic heterocycles. The molecule has 8 heteroatoms. The van der Waals surface area contributed by atoms with Crippen molar-refractivity contribution in [1.29, 1.82) is 0 Å². The Hall–Kier alpha value is -2.71. The summed E-state index contributed by atoms with van der Waals surface area (Å²) in [7, 11) is -3.61. The number of hydrogen-bond acceptors (Lipinski definition) is 5. The molecule has 0 radical (unpaired) electrons. The molecule has 1 aliphatic heterocycles. The minimum Gasteiger partial charge on any atom is -0.462 e. The molecule has 0 aliphatic carbocycles. The van der Waals surface area contributed by atoms with Crippen molar-refractivity contribution in [1.82, 2.24) is 4.31 Å². The van der Waals surface area contributed by atoms with E-state index in [2.05, 4.69) is 5.32 Å². The second kappa shape index (κ2) is 9.19. The van der Waals surface area contributed by atoms with Crippen LogP contribution in [0.1, 0.15) is 46.9 Å². The van der Waals surface area contributed by atoms with Crippen molar-refractivity contribution >= 4 is 27.6 Å². The highest BCUT2D eigenvalue weighted by molar-refractivity contribution is 7.89. The Morgan fingerprint density at radius 2 is 1.69 bits per heavy atom. The first-order chi connectivity index (χ1) is 13.9. The standard InChI is InChI=1S/C21H24N2O5S/c1-2-28-21(25)16-9-11-18(12-10-16)22-20(24)17-7-6-8-19(15-17)29(26,27)23-13-4-3-5-14-23/h6-12,15H,2-5,13-14H2,1H3,(H,22,24). The number of piperidine rings is 1. The lowest BCUT2D eigenvalue weighted by Crippen LogP contribution is -2.35. The van der Waals surface area contributed by atoms with Crippen molar-refractivity contribution in [3.05, 3.63) is 59.7 Å². The first-order valence-electron chi connectivity index (χ1n) is 9.60. The summed E-state index contributed by atoms with van der Waals surface area (Å²) in [6.45, 7) is 3.03. The Balaban J connectivity index is 1.73. The second-order valence-electron chi connectivity index (χ2n) is 6.74. The Kier molecular flexibility index (Phi) is 6.66. The number of carbonyl (C=O) groups is 2. The first kappa shape index (κ1) is 21.0. The molecule has 1 fully saturated rings. The number of nitrogens with zero attached hydrogens (tertiary/aromatic N) is 1. The number of benzene rings is 2. The molecule has 0 atom stereocenters. The third-order valence-electron chi connectivity index (χ3n) is 4.70. The molecule has 154 valence electrons. The van der Waals surface area contributed by atoms with Gasteiger partial charge in [-0.1, -0.05) is 12.5 Å². The average molecular weight is 416 g/mol. The number of anilines is 1. The van der Waals surface area contributed by atoms with Gasteiger partial charge in [0.25, 0.3) is 5.91 Å². The summed E-state index contributed by atoms with van der Waals surface area (Å²) >= 11 is 0. The van der Waals surface area contributed by atoms with Crippen LogP contribution in [0.4, 0.5) is 5.69 Å². The molecule has 0 spiro atoms. The molecule has 0 unspecified atom stereocenters. The number of nitrogens with one attached hydrogen (secondary N) is 1. The normalized spacial score (nSPS) is 14.9. The molecular weight excluding hydrogens is 392 g/mol. The summed E-state index contributed by atoms with van der Waals surface area (Å²) in [5.41, 5.74) is 1.13. The lowest BCUT2D eigenvalue weighted by molar-refractivity contribution is 0.0526. The van der Waals surface area contributed by atoms with Crippen LogP contribution in [-0.4, -0.2) is 44.3 Å². The second-order valence-corrected chi connectivity index (χ2v) is 8.68. The van der Waals surface area contributed by atoms with Gasteiger partial charge >= 0.3 is 5.97 Å². The Morgan fingerprint density at radius 3 is 2.34 bits per heavy atom. The van der Waals surface area contributed by atoms with Gasteiger partial charge in [-0.25, -0.2) is 13.2 Å². The molecule has 29 heavy (non-hydrogen) atoms. The Labute approximate surface area is 170 Å². The molecule has 1 heterocycles. The zero-order valence-corrected chi connectivity index (χ0v) is 17.1. The van der Waals surface area contributed by atoms with Gasteiger partial charge in [-0.2, -0.15) is 4.31 Å². The van der Waals surface area contributed by atoms with E-state index < -0.39 is 21.9 Å². The topological polar surface area (TPSA) is 92.8 Å². The van der Waals surface area contributed by atoms with Crippen LogP contribution in [0.2, 0.25) is 0 Å². The van der Waals surface area contributed by atoms with Crippen LogP contribution in [0.15, 0.2) is 53.4 Å². The first-order valence-corrected chi connectivity index (χ1v) is 11.0. The third kappa shape index (κ3) is 5.02. The van der Waals surface area contributed by atoms with Crippen LogP contribution in [0.5, 0.6) is 0 Å². The highest BCUT2D eigenvalue weighted by Gasteiger charge is 2.26. The summed E-state index contributed by atoms with van der Waals surface area (Å²) < 4.78 is 32.1. The predicted octanol–water partition coefficient (Wildman–Crippen LogP) is 3.29. The minimum atomic E-state index is -3.61. The van der Waals surface area contributed by atoms with Crippen LogP contribution in [0, 0.1) is 0 Å². The Bertz CT molecular complexity index is 980. The number of esters is 1. The lowest BCUT2D eigenvalue weighted by Gasteiger charge is -2.26. The number of sulfonamides is 1. The van der Waals surface area contributed by atoms with Crippen LogP contribution >= 0.6 is 0 Å². The molecule has 2 aromatic rings. The summed E-state index contributed by atoms with van der Waals surface area (Å²) in [6.07, 6.45) is 2.73. The van der Waals surface area contributed by atoms with Gasteiger partial charge in [0, 0.05) is 24.3 Å². The van der Waals surface area contributed by atoms with E-state index in [0.29, 0.717) is 24.3 Å². The molecule has 1 aliphatic rings. The van der Waals surface area contributed by atoms with E-state index in [-0.39, 0.29) is 17.1 Å². The SMILES string of the molecule is CCOC(=O)c1ccc(NC(=O)c2cccc(S(=O)(=O)N3CCCCC3)c2)cc1. The third-order valence-corrected chi connectivity index (χ3v) is 6.60. The maximum absolute atomic E-state index is 12.8. The molecule has 2 aromatic carbocycles. The molecule has 1 N–H and O–H groups in total. The van der Waals surface area contributed by atoms with E-state index in [1.165, 1.54) is 16.4 Å². The van der Waals surface area contributed by atoms with E-state index in [1.807, 2.05) is 0 Å². The molecule has 7 nitrogen and oxygen atoms in total. The number of hydrogen-bond donors (Lipinski definition) is 1. The molecular formula is C21H24N2O5S. The highest BCUT2D eigenvalue weighted by atomic mass is 32.2. The van der Waals surface area contributed by atoms with Crippen LogP contribution in [0.25, 0.3) is 0 Å². The van der Waals surface area contributed by atoms with E-state index in [1.54, 1.807) is 43.3 Å². The van der Waals surface area contributed by atoms with Gasteiger partial charge in [0.1, 0.15) is 0 Å². The van der Waals surface area contributed by atoms with E-state index in [0.717, 1.165) is 19.3 Å². The average Bonchev–Trinajstić information content (AvgIpc) is 2.75. The Morgan fingerprint density at radius 1 is 1.00 bits per heavy atom. The number of ether oxygens (including phenoxy) is 1. The fraction of sp³-hybridized carbons (Fsp3) is 0.333. The van der Waals surface area contributed by atoms with Crippen molar-refractivity contribution in [3.8, 4) is 0 Å². The summed E-state index contributed by atoms with van der Waals surface area (Å²) in [6, 6.07) is 12.3. The minimum absolute atomic E-state index is 0.115. The molecule has 3 rings (SSSR count). The smallest absolute Gasteiger partial charge is 0.338 e. The largest absolute Gasteiger partial charge is 0.462 e. The monoisotopic (exact) mass is 416 g/mol. The van der Waals surface area contributed by atoms with Crippen molar-refractivity contribution < 1.29 is 22.7 Å². The van der Waals surface area contributed by atoms with Gasteiger partial charge in [0.15, 0.2) is 0 Å². The molecule has 1 amide bonds. The fourth-order valence-electron chi connectivity index (χ4n) is 3.16. The van der Waals surface area contributed by atoms with Gasteiger partial charge < -0.3 is 10.1 Å². The summed E-state index contributed by atoms with van der Waals surface area (Å²) in [5.74, 6) is -0.856. The van der Waals surface area contributed by atoms with Crippen LogP contribution in [0.3, 0.4) is 0 Å². The van der Waals surface area contributed by atoms with Gasteiger partial charge in [-0.15, -0.1) is 0 Å².